The second kappa shape index (κ2) is 5.69. The van der Waals surface area contributed by atoms with Crippen LogP contribution in [0.2, 0.25) is 0 Å². The Morgan fingerprint density at radius 3 is 2.37 bits per heavy atom. The van der Waals surface area contributed by atoms with Crippen LogP contribution in [0.15, 0.2) is 24.3 Å². The van der Waals surface area contributed by atoms with Gasteiger partial charge in [0.2, 0.25) is 5.88 Å². The molecule has 1 heterocycles. The fraction of sp³-hybridized carbons (Fsp3) is 0.333. The maximum Gasteiger partial charge on any atom is 0.227 e. The van der Waals surface area contributed by atoms with E-state index in [2.05, 4.69) is 34.3 Å². The Kier molecular flexibility index (Phi) is 4.00. The van der Waals surface area contributed by atoms with Gasteiger partial charge in [0.25, 0.3) is 0 Å². The summed E-state index contributed by atoms with van der Waals surface area (Å²) in [6.45, 7) is 5.93. The van der Waals surface area contributed by atoms with E-state index in [1.807, 2.05) is 33.0 Å². The van der Waals surface area contributed by atoms with Gasteiger partial charge in [0, 0.05) is 7.05 Å². The molecule has 0 fully saturated rings. The van der Waals surface area contributed by atoms with Crippen LogP contribution in [-0.2, 0) is 6.42 Å². The fourth-order valence-electron chi connectivity index (χ4n) is 1.85. The summed E-state index contributed by atoms with van der Waals surface area (Å²) in [5.41, 5.74) is 2.20. The van der Waals surface area contributed by atoms with Crippen molar-refractivity contribution in [3.8, 4) is 11.6 Å². The molecule has 19 heavy (non-hydrogen) atoms. The molecule has 4 nitrogen and oxygen atoms in total. The Hall–Kier alpha value is -2.10. The zero-order valence-electron chi connectivity index (χ0n) is 11.8. The van der Waals surface area contributed by atoms with Crippen LogP contribution < -0.4 is 10.1 Å². The Balaban J connectivity index is 2.29. The lowest BCUT2D eigenvalue weighted by Crippen LogP contribution is -2.02. The molecule has 0 atom stereocenters. The lowest BCUT2D eigenvalue weighted by molar-refractivity contribution is 0.456. The third-order valence-electron chi connectivity index (χ3n) is 3.00. The van der Waals surface area contributed by atoms with Gasteiger partial charge >= 0.3 is 0 Å². The summed E-state index contributed by atoms with van der Waals surface area (Å²) in [4.78, 5) is 8.66. The molecule has 0 amide bonds. The summed E-state index contributed by atoms with van der Waals surface area (Å²) >= 11 is 0. The molecule has 1 aromatic heterocycles. The molecule has 4 heteroatoms. The molecule has 1 N–H and O–H groups in total. The highest BCUT2D eigenvalue weighted by Crippen LogP contribution is 2.26. The Labute approximate surface area is 113 Å². The molecule has 0 saturated carbocycles. The number of rotatable bonds is 4. The molecule has 2 aromatic rings. The van der Waals surface area contributed by atoms with Gasteiger partial charge < -0.3 is 10.1 Å². The number of hydrogen-bond acceptors (Lipinski definition) is 4. The summed E-state index contributed by atoms with van der Waals surface area (Å²) in [6.07, 6.45) is 1.02. The monoisotopic (exact) mass is 257 g/mol. The number of benzene rings is 1. The topological polar surface area (TPSA) is 47.0 Å². The van der Waals surface area contributed by atoms with Gasteiger partial charge in [-0.3, -0.25) is 0 Å². The molecule has 0 spiro atoms. The Bertz CT molecular complexity index is 564. The molecular weight excluding hydrogens is 238 g/mol. The van der Waals surface area contributed by atoms with Gasteiger partial charge in [0.15, 0.2) is 0 Å². The molecule has 0 saturated heterocycles. The molecule has 0 unspecified atom stereocenters. The van der Waals surface area contributed by atoms with E-state index >= 15 is 0 Å². The Morgan fingerprint density at radius 2 is 1.79 bits per heavy atom. The maximum atomic E-state index is 5.84. The predicted octanol–water partition coefficient (Wildman–Crippen LogP) is 3.49. The van der Waals surface area contributed by atoms with E-state index in [-0.39, 0.29) is 0 Å². The zero-order valence-corrected chi connectivity index (χ0v) is 11.8. The average molecular weight is 257 g/mol. The van der Waals surface area contributed by atoms with Crippen molar-refractivity contribution < 1.29 is 4.74 Å². The number of aryl methyl sites for hydroxylation is 2. The van der Waals surface area contributed by atoms with Gasteiger partial charge in [-0.25, -0.2) is 4.98 Å². The standard InChI is InChI=1S/C15H19N3O/c1-5-12-6-8-13(9-7-12)19-15-10(2)14(16-4)17-11(3)18-15/h6-9H,5H2,1-4H3,(H,16,17,18). The summed E-state index contributed by atoms with van der Waals surface area (Å²) in [5.74, 6) is 2.88. The molecule has 100 valence electrons. The molecule has 0 aliphatic heterocycles. The van der Waals surface area contributed by atoms with Crippen LogP contribution in [0.3, 0.4) is 0 Å². The van der Waals surface area contributed by atoms with Crippen LogP contribution in [-0.4, -0.2) is 17.0 Å². The second-order valence-corrected chi connectivity index (χ2v) is 4.40. The van der Waals surface area contributed by atoms with Gasteiger partial charge in [0.1, 0.15) is 17.4 Å². The lowest BCUT2D eigenvalue weighted by atomic mass is 10.2. The third kappa shape index (κ3) is 3.02. The number of hydrogen-bond donors (Lipinski definition) is 1. The van der Waals surface area contributed by atoms with Gasteiger partial charge in [0.05, 0.1) is 5.56 Å². The first-order valence-corrected chi connectivity index (χ1v) is 6.43. The van der Waals surface area contributed by atoms with Crippen molar-refractivity contribution in [2.75, 3.05) is 12.4 Å². The van der Waals surface area contributed by atoms with E-state index < -0.39 is 0 Å². The molecular formula is C15H19N3O. The lowest BCUT2D eigenvalue weighted by Gasteiger charge is -2.11. The molecule has 0 radical (unpaired) electrons. The Morgan fingerprint density at radius 1 is 1.11 bits per heavy atom. The summed E-state index contributed by atoms with van der Waals surface area (Å²) < 4.78 is 5.84. The van der Waals surface area contributed by atoms with E-state index in [9.17, 15) is 0 Å². The molecule has 0 bridgehead atoms. The summed E-state index contributed by atoms with van der Waals surface area (Å²) in [7, 11) is 1.84. The van der Waals surface area contributed by atoms with E-state index in [0.717, 1.165) is 23.6 Å². The zero-order chi connectivity index (χ0) is 13.8. The first-order valence-electron chi connectivity index (χ1n) is 6.43. The van der Waals surface area contributed by atoms with Crippen molar-refractivity contribution in [2.45, 2.75) is 27.2 Å². The van der Waals surface area contributed by atoms with Crippen LogP contribution in [0.1, 0.15) is 23.9 Å². The van der Waals surface area contributed by atoms with Gasteiger partial charge in [-0.05, 0) is 38.0 Å². The number of anilines is 1. The van der Waals surface area contributed by atoms with Gasteiger partial charge in [-0.1, -0.05) is 19.1 Å². The van der Waals surface area contributed by atoms with Crippen LogP contribution in [0.25, 0.3) is 0 Å². The highest BCUT2D eigenvalue weighted by Gasteiger charge is 2.10. The maximum absolute atomic E-state index is 5.84. The largest absolute Gasteiger partial charge is 0.439 e. The quantitative estimate of drug-likeness (QED) is 0.910. The molecule has 1 aromatic carbocycles. The van der Waals surface area contributed by atoms with E-state index in [1.165, 1.54) is 5.56 Å². The highest BCUT2D eigenvalue weighted by molar-refractivity contribution is 5.49. The smallest absolute Gasteiger partial charge is 0.227 e. The fourth-order valence-corrected chi connectivity index (χ4v) is 1.85. The second-order valence-electron chi connectivity index (χ2n) is 4.40. The minimum absolute atomic E-state index is 0.598. The van der Waals surface area contributed by atoms with E-state index in [1.54, 1.807) is 0 Å². The van der Waals surface area contributed by atoms with Crippen molar-refractivity contribution in [1.82, 2.24) is 9.97 Å². The normalized spacial score (nSPS) is 10.3. The third-order valence-corrected chi connectivity index (χ3v) is 3.00. The first-order chi connectivity index (χ1) is 9.13. The van der Waals surface area contributed by atoms with Crippen LogP contribution >= 0.6 is 0 Å². The van der Waals surface area contributed by atoms with Crippen LogP contribution in [0.5, 0.6) is 11.6 Å². The van der Waals surface area contributed by atoms with Crippen LogP contribution in [0, 0.1) is 13.8 Å². The van der Waals surface area contributed by atoms with Crippen molar-refractivity contribution in [2.24, 2.45) is 0 Å². The van der Waals surface area contributed by atoms with E-state index in [4.69, 9.17) is 4.74 Å². The number of aromatic nitrogens is 2. The molecule has 2 rings (SSSR count). The van der Waals surface area contributed by atoms with Gasteiger partial charge in [-0.2, -0.15) is 4.98 Å². The van der Waals surface area contributed by atoms with Crippen LogP contribution in [0.4, 0.5) is 5.82 Å². The highest BCUT2D eigenvalue weighted by atomic mass is 16.5. The first kappa shape index (κ1) is 13.3. The average Bonchev–Trinajstić information content (AvgIpc) is 2.43. The number of ether oxygens (including phenoxy) is 1. The minimum atomic E-state index is 0.598. The summed E-state index contributed by atoms with van der Waals surface area (Å²) in [5, 5.41) is 3.05. The van der Waals surface area contributed by atoms with Crippen molar-refractivity contribution in [3.63, 3.8) is 0 Å². The van der Waals surface area contributed by atoms with Crippen molar-refractivity contribution in [3.05, 3.63) is 41.2 Å². The minimum Gasteiger partial charge on any atom is -0.439 e. The molecule has 0 aliphatic rings. The van der Waals surface area contributed by atoms with Crippen molar-refractivity contribution >= 4 is 5.82 Å². The number of nitrogens with zero attached hydrogens (tertiary/aromatic N) is 2. The molecule has 0 aliphatic carbocycles. The van der Waals surface area contributed by atoms with Gasteiger partial charge in [-0.15, -0.1) is 0 Å². The predicted molar refractivity (Wildman–Crippen MR) is 76.9 cm³/mol. The number of nitrogens with one attached hydrogen (secondary N) is 1. The summed E-state index contributed by atoms with van der Waals surface area (Å²) in [6, 6.07) is 8.07. The van der Waals surface area contributed by atoms with Crippen molar-refractivity contribution in [1.29, 1.82) is 0 Å². The van der Waals surface area contributed by atoms with E-state index in [0.29, 0.717) is 11.7 Å². The SMILES string of the molecule is CCc1ccc(Oc2nc(C)nc(NC)c2C)cc1.